The van der Waals surface area contributed by atoms with Crippen molar-refractivity contribution < 1.29 is 80.9 Å². The summed E-state index contributed by atoms with van der Waals surface area (Å²) in [7, 11) is 0. The molecule has 0 bridgehead atoms. The van der Waals surface area contributed by atoms with Gasteiger partial charge in [-0.3, -0.25) is 28.8 Å². The van der Waals surface area contributed by atoms with E-state index in [0.29, 0.717) is 33.4 Å². The molecule has 17 nitrogen and oxygen atoms in total. The highest BCUT2D eigenvalue weighted by molar-refractivity contribution is 5.69. The summed E-state index contributed by atoms with van der Waals surface area (Å²) in [4.78, 5) is 78.9. The maximum Gasteiger partial charge on any atom is 0.303 e. The van der Waals surface area contributed by atoms with Gasteiger partial charge in [-0.2, -0.15) is 0 Å². The summed E-state index contributed by atoms with van der Waals surface area (Å²) >= 11 is 0. The van der Waals surface area contributed by atoms with Crippen LogP contribution in [0.2, 0.25) is 0 Å². The molecule has 9 unspecified atom stereocenters. The zero-order chi connectivity index (χ0) is 56.2. The van der Waals surface area contributed by atoms with E-state index in [9.17, 15) is 28.8 Å². The standard InChI is InChI=1S/C62H62O17/c1-40(63)69-37-52-54(72-41(2)64)56(74-43(4)66)57(75-44(5)67)59(77-52)79-60(39-71-62(49-31-19-10-20-32-49,50-33-21-11-22-34-50)51-35-23-12-24-36-51)58(76-45(6)68)55(73-42(3)65)53(78-60)38-70-61(46-25-13-7-14-26-46,47-27-15-8-16-28-47)48-29-17-9-18-30-48/h7-36,52-59H,37-39H2,1-6H3. The van der Waals surface area contributed by atoms with Crippen LogP contribution in [0, 0.1) is 0 Å². The van der Waals surface area contributed by atoms with Crippen LogP contribution >= 0.6 is 0 Å². The second-order valence-electron chi connectivity index (χ2n) is 18.9. The van der Waals surface area contributed by atoms with E-state index < -0.39 is 122 Å². The Balaban J connectivity index is 1.37. The molecular formula is C62H62O17. The highest BCUT2D eigenvalue weighted by Gasteiger charge is 2.65. The molecule has 0 aromatic heterocycles. The molecular weight excluding hydrogens is 1020 g/mol. The molecule has 412 valence electrons. The number of carbonyl (C=O) groups excluding carboxylic acids is 6. The van der Waals surface area contributed by atoms with Gasteiger partial charge in [0, 0.05) is 41.5 Å². The molecule has 0 aliphatic carbocycles. The third-order valence-corrected chi connectivity index (χ3v) is 13.3. The van der Waals surface area contributed by atoms with Crippen LogP contribution in [0.1, 0.15) is 74.9 Å². The Morgan fingerprint density at radius 2 is 0.734 bits per heavy atom. The van der Waals surface area contributed by atoms with Gasteiger partial charge in [-0.05, 0) is 33.4 Å². The molecule has 17 heteroatoms. The van der Waals surface area contributed by atoms with Crippen LogP contribution in [0.5, 0.6) is 0 Å². The Morgan fingerprint density at radius 3 is 1.10 bits per heavy atom. The van der Waals surface area contributed by atoms with Crippen LogP contribution in [0.15, 0.2) is 182 Å². The summed E-state index contributed by atoms with van der Waals surface area (Å²) in [5.41, 5.74) is 1.12. The molecule has 0 N–H and O–H groups in total. The normalized spacial score (nSPS) is 22.9. The minimum Gasteiger partial charge on any atom is -0.463 e. The lowest BCUT2D eigenvalue weighted by molar-refractivity contribution is -0.389. The molecule has 9 atom stereocenters. The molecule has 2 aliphatic rings. The summed E-state index contributed by atoms with van der Waals surface area (Å²) in [5, 5.41) is 0. The van der Waals surface area contributed by atoms with Crippen molar-refractivity contribution in [2.24, 2.45) is 0 Å². The van der Waals surface area contributed by atoms with E-state index in [0.717, 1.165) is 34.6 Å². The predicted molar refractivity (Wildman–Crippen MR) is 282 cm³/mol. The Hall–Kier alpha value is -8.06. The van der Waals surface area contributed by atoms with Gasteiger partial charge in [0.05, 0.1) is 6.61 Å². The fourth-order valence-electron chi connectivity index (χ4n) is 10.3. The van der Waals surface area contributed by atoms with Crippen LogP contribution < -0.4 is 0 Å². The van der Waals surface area contributed by atoms with Crippen molar-refractivity contribution in [3.05, 3.63) is 215 Å². The van der Waals surface area contributed by atoms with E-state index >= 15 is 0 Å². The van der Waals surface area contributed by atoms with Crippen LogP contribution in [0.3, 0.4) is 0 Å². The number of rotatable bonds is 21. The van der Waals surface area contributed by atoms with Crippen molar-refractivity contribution in [2.45, 2.75) is 108 Å². The molecule has 2 saturated heterocycles. The van der Waals surface area contributed by atoms with Gasteiger partial charge in [-0.15, -0.1) is 0 Å². The third kappa shape index (κ3) is 12.9. The number of ether oxygens (including phenoxy) is 11. The molecule has 0 amide bonds. The van der Waals surface area contributed by atoms with Gasteiger partial charge in [-0.1, -0.05) is 182 Å². The average molecular weight is 1080 g/mol. The molecule has 6 aromatic rings. The zero-order valence-electron chi connectivity index (χ0n) is 44.5. The summed E-state index contributed by atoms with van der Waals surface area (Å²) in [6.07, 6.45) is -13.4. The SMILES string of the molecule is CC(=O)OCC1OC(OC2(COC(c3ccccc3)(c3ccccc3)c3ccccc3)OC(COC(c3ccccc3)(c3ccccc3)c3ccccc3)C(OC(C)=O)C2OC(C)=O)C(OC(C)=O)C(OC(C)=O)C1OC(C)=O. The third-order valence-electron chi connectivity index (χ3n) is 13.3. The van der Waals surface area contributed by atoms with Crippen molar-refractivity contribution >= 4 is 35.8 Å². The van der Waals surface area contributed by atoms with E-state index in [-0.39, 0.29) is 0 Å². The Bertz CT molecular complexity index is 2810. The van der Waals surface area contributed by atoms with E-state index in [1.54, 1.807) is 0 Å². The fourth-order valence-corrected chi connectivity index (χ4v) is 10.3. The molecule has 0 radical (unpaired) electrons. The van der Waals surface area contributed by atoms with Crippen molar-refractivity contribution in [3.63, 3.8) is 0 Å². The average Bonchev–Trinajstić information content (AvgIpc) is 3.76. The lowest BCUT2D eigenvalue weighted by atomic mass is 9.80. The van der Waals surface area contributed by atoms with Crippen molar-refractivity contribution in [2.75, 3.05) is 19.8 Å². The minimum atomic E-state index is -2.53. The maximum absolute atomic E-state index is 13.8. The Kier molecular flexibility index (Phi) is 18.5. The van der Waals surface area contributed by atoms with Gasteiger partial charge in [0.2, 0.25) is 12.1 Å². The molecule has 2 fully saturated rings. The van der Waals surface area contributed by atoms with Crippen LogP contribution in [-0.2, 0) is 92.1 Å². The quantitative estimate of drug-likeness (QED) is 0.0380. The molecule has 6 aromatic carbocycles. The van der Waals surface area contributed by atoms with Gasteiger partial charge >= 0.3 is 35.8 Å². The van der Waals surface area contributed by atoms with Crippen molar-refractivity contribution in [3.8, 4) is 0 Å². The maximum atomic E-state index is 13.8. The largest absolute Gasteiger partial charge is 0.463 e. The molecule has 79 heavy (non-hydrogen) atoms. The summed E-state index contributed by atoms with van der Waals surface area (Å²) < 4.78 is 71.1. The summed E-state index contributed by atoms with van der Waals surface area (Å²) in [6, 6.07) is 56.3. The minimum absolute atomic E-state index is 0.417. The summed E-state index contributed by atoms with van der Waals surface area (Å²) in [6.45, 7) is 4.96. The molecule has 0 saturated carbocycles. The highest BCUT2D eigenvalue weighted by atomic mass is 16.8. The first-order valence-corrected chi connectivity index (χ1v) is 25.7. The first-order chi connectivity index (χ1) is 38.1. The van der Waals surface area contributed by atoms with Crippen LogP contribution in [-0.4, -0.2) is 110 Å². The number of benzene rings is 6. The monoisotopic (exact) mass is 1080 g/mol. The van der Waals surface area contributed by atoms with E-state index in [1.807, 2.05) is 182 Å². The summed E-state index contributed by atoms with van der Waals surface area (Å²) in [5.74, 6) is -7.65. The Morgan fingerprint density at radius 1 is 0.392 bits per heavy atom. The van der Waals surface area contributed by atoms with Crippen LogP contribution in [0.4, 0.5) is 0 Å². The number of carbonyl (C=O) groups is 6. The second-order valence-corrected chi connectivity index (χ2v) is 18.9. The zero-order valence-corrected chi connectivity index (χ0v) is 44.5. The molecule has 0 spiro atoms. The molecule has 8 rings (SSSR count). The topological polar surface area (TPSA) is 204 Å². The smallest absolute Gasteiger partial charge is 0.303 e. The number of hydrogen-bond donors (Lipinski definition) is 0. The van der Waals surface area contributed by atoms with Crippen molar-refractivity contribution in [1.82, 2.24) is 0 Å². The van der Waals surface area contributed by atoms with E-state index in [1.165, 1.54) is 6.92 Å². The van der Waals surface area contributed by atoms with Gasteiger partial charge in [0.25, 0.3) is 0 Å². The first kappa shape index (κ1) is 57.1. The van der Waals surface area contributed by atoms with Gasteiger partial charge < -0.3 is 52.1 Å². The molecule has 2 heterocycles. The predicted octanol–water partition coefficient (Wildman–Crippen LogP) is 8.06. The highest BCUT2D eigenvalue weighted by Crippen LogP contribution is 2.48. The fraction of sp³-hybridized carbons (Fsp3) is 0.323. The number of esters is 6. The molecule has 2 aliphatic heterocycles. The number of hydrogen-bond acceptors (Lipinski definition) is 17. The lowest BCUT2D eigenvalue weighted by Gasteiger charge is -2.47. The van der Waals surface area contributed by atoms with E-state index in [4.69, 9.17) is 52.1 Å². The second kappa shape index (κ2) is 25.6. The van der Waals surface area contributed by atoms with Crippen molar-refractivity contribution in [1.29, 1.82) is 0 Å². The van der Waals surface area contributed by atoms with Gasteiger partial charge in [-0.25, -0.2) is 0 Å². The van der Waals surface area contributed by atoms with Gasteiger partial charge in [0.15, 0.2) is 30.5 Å². The van der Waals surface area contributed by atoms with E-state index in [2.05, 4.69) is 0 Å². The van der Waals surface area contributed by atoms with Gasteiger partial charge in [0.1, 0.15) is 36.6 Å². The first-order valence-electron chi connectivity index (χ1n) is 25.7. The lowest BCUT2D eigenvalue weighted by Crippen LogP contribution is -2.66. The van der Waals surface area contributed by atoms with Crippen LogP contribution in [0.25, 0.3) is 0 Å². The Labute approximate surface area is 457 Å².